The van der Waals surface area contributed by atoms with Gasteiger partial charge < -0.3 is 10.1 Å². The molecule has 0 radical (unpaired) electrons. The Morgan fingerprint density at radius 3 is 2.47 bits per heavy atom. The lowest BCUT2D eigenvalue weighted by Gasteiger charge is -2.09. The molecule has 100 valence electrons. The molecule has 0 unspecified atom stereocenters. The van der Waals surface area contributed by atoms with E-state index >= 15 is 0 Å². The van der Waals surface area contributed by atoms with E-state index < -0.39 is 0 Å². The van der Waals surface area contributed by atoms with Crippen LogP contribution < -0.4 is 10.1 Å². The normalized spacial score (nSPS) is 10.5. The zero-order valence-electron chi connectivity index (χ0n) is 11.9. The lowest BCUT2D eigenvalue weighted by molar-refractivity contribution is 0.306. The van der Waals surface area contributed by atoms with Crippen LogP contribution in [0.2, 0.25) is 0 Å². The highest BCUT2D eigenvalue weighted by atomic mass is 16.5. The molecule has 0 aliphatic heterocycles. The summed E-state index contributed by atoms with van der Waals surface area (Å²) in [4.78, 5) is 0. The molecule has 0 aromatic heterocycles. The Morgan fingerprint density at radius 1 is 0.947 bits per heavy atom. The van der Waals surface area contributed by atoms with E-state index in [1.807, 2.05) is 13.1 Å². The van der Waals surface area contributed by atoms with Gasteiger partial charge in [0, 0.05) is 6.54 Å². The van der Waals surface area contributed by atoms with Crippen molar-refractivity contribution in [2.75, 3.05) is 7.05 Å². The predicted molar refractivity (Wildman–Crippen MR) is 79.5 cm³/mol. The van der Waals surface area contributed by atoms with E-state index in [-0.39, 0.29) is 0 Å². The monoisotopic (exact) mass is 255 g/mol. The third kappa shape index (κ3) is 3.83. The highest BCUT2D eigenvalue weighted by Gasteiger charge is 1.99. The maximum atomic E-state index is 5.84. The molecule has 1 N–H and O–H groups in total. The van der Waals surface area contributed by atoms with Gasteiger partial charge in [-0.1, -0.05) is 30.3 Å². The van der Waals surface area contributed by atoms with Crippen molar-refractivity contribution in [3.63, 3.8) is 0 Å². The minimum absolute atomic E-state index is 0.611. The molecule has 0 bridgehead atoms. The predicted octanol–water partition coefficient (Wildman–Crippen LogP) is 3.60. The summed E-state index contributed by atoms with van der Waals surface area (Å²) in [7, 11) is 1.96. The number of aryl methyl sites for hydroxylation is 2. The summed E-state index contributed by atoms with van der Waals surface area (Å²) in [5, 5.41) is 3.16. The van der Waals surface area contributed by atoms with Gasteiger partial charge in [-0.15, -0.1) is 0 Å². The Hall–Kier alpha value is -1.80. The highest BCUT2D eigenvalue weighted by molar-refractivity contribution is 5.34. The van der Waals surface area contributed by atoms with Gasteiger partial charge in [-0.25, -0.2) is 0 Å². The molecule has 0 saturated carbocycles. The van der Waals surface area contributed by atoms with E-state index in [1.54, 1.807) is 0 Å². The molecule has 0 fully saturated rings. The van der Waals surface area contributed by atoms with Crippen molar-refractivity contribution >= 4 is 0 Å². The van der Waals surface area contributed by atoms with Crippen LogP contribution in [0.3, 0.4) is 0 Å². The van der Waals surface area contributed by atoms with E-state index in [9.17, 15) is 0 Å². The summed E-state index contributed by atoms with van der Waals surface area (Å²) in [6, 6.07) is 14.7. The Balaban J connectivity index is 2.01. The molecule has 0 heterocycles. The Labute approximate surface area is 115 Å². The molecule has 0 saturated heterocycles. The fraction of sp³-hybridized carbons (Fsp3) is 0.294. The van der Waals surface area contributed by atoms with Gasteiger partial charge in [0.2, 0.25) is 0 Å². The molecule has 0 aliphatic carbocycles. The minimum Gasteiger partial charge on any atom is -0.489 e. The van der Waals surface area contributed by atoms with E-state index in [1.165, 1.54) is 22.3 Å². The average molecular weight is 255 g/mol. The molecule has 2 nitrogen and oxygen atoms in total. The summed E-state index contributed by atoms with van der Waals surface area (Å²) >= 11 is 0. The molecule has 2 aromatic rings. The molecule has 0 spiro atoms. The van der Waals surface area contributed by atoms with Crippen molar-refractivity contribution in [3.8, 4) is 5.75 Å². The highest BCUT2D eigenvalue weighted by Crippen LogP contribution is 2.18. The third-order valence-electron chi connectivity index (χ3n) is 3.26. The molecular formula is C17H21NO. The van der Waals surface area contributed by atoms with Gasteiger partial charge in [0.05, 0.1) is 0 Å². The summed E-state index contributed by atoms with van der Waals surface area (Å²) < 4.78 is 5.84. The largest absolute Gasteiger partial charge is 0.489 e. The lowest BCUT2D eigenvalue weighted by atomic mass is 10.1. The van der Waals surface area contributed by atoms with E-state index in [4.69, 9.17) is 4.74 Å². The second kappa shape index (κ2) is 6.39. The first-order chi connectivity index (χ1) is 9.19. The van der Waals surface area contributed by atoms with Gasteiger partial charge in [-0.05, 0) is 55.3 Å². The topological polar surface area (TPSA) is 21.3 Å². The number of rotatable bonds is 5. The number of hydrogen-bond acceptors (Lipinski definition) is 2. The number of ether oxygens (including phenoxy) is 1. The quantitative estimate of drug-likeness (QED) is 0.881. The zero-order valence-corrected chi connectivity index (χ0v) is 11.9. The lowest BCUT2D eigenvalue weighted by Crippen LogP contribution is -2.05. The summed E-state index contributed by atoms with van der Waals surface area (Å²) in [5.41, 5.74) is 5.04. The first-order valence-corrected chi connectivity index (χ1v) is 6.61. The van der Waals surface area contributed by atoms with Crippen LogP contribution in [-0.2, 0) is 13.2 Å². The second-order valence-electron chi connectivity index (χ2n) is 4.89. The van der Waals surface area contributed by atoms with Crippen molar-refractivity contribution < 1.29 is 4.74 Å². The maximum Gasteiger partial charge on any atom is 0.120 e. The molecule has 2 rings (SSSR count). The molecule has 19 heavy (non-hydrogen) atoms. The van der Waals surface area contributed by atoms with Crippen molar-refractivity contribution in [1.82, 2.24) is 5.32 Å². The Bertz CT molecular complexity index is 549. The Kier molecular flexibility index (Phi) is 4.58. The average Bonchev–Trinajstić information content (AvgIpc) is 2.41. The molecule has 0 aliphatic rings. The summed E-state index contributed by atoms with van der Waals surface area (Å²) in [5.74, 6) is 0.933. The van der Waals surface area contributed by atoms with Crippen LogP contribution in [0.25, 0.3) is 0 Å². The molecule has 2 aromatic carbocycles. The van der Waals surface area contributed by atoms with Crippen molar-refractivity contribution in [1.29, 1.82) is 0 Å². The maximum absolute atomic E-state index is 5.84. The minimum atomic E-state index is 0.611. The van der Waals surface area contributed by atoms with Crippen LogP contribution in [0.15, 0.2) is 42.5 Å². The number of benzene rings is 2. The van der Waals surface area contributed by atoms with E-state index in [0.717, 1.165) is 12.3 Å². The second-order valence-corrected chi connectivity index (χ2v) is 4.89. The van der Waals surface area contributed by atoms with Crippen LogP contribution in [0.4, 0.5) is 0 Å². The number of nitrogens with one attached hydrogen (secondary N) is 1. The van der Waals surface area contributed by atoms with Crippen LogP contribution >= 0.6 is 0 Å². The smallest absolute Gasteiger partial charge is 0.120 e. The summed E-state index contributed by atoms with van der Waals surface area (Å²) in [6.07, 6.45) is 0. The van der Waals surface area contributed by atoms with Gasteiger partial charge in [-0.3, -0.25) is 0 Å². The van der Waals surface area contributed by atoms with Gasteiger partial charge in [0.15, 0.2) is 0 Å². The standard InChI is InChI=1S/C17H21NO/c1-13-7-8-17(9-14(13)2)19-12-16-6-4-5-15(10-16)11-18-3/h4-10,18H,11-12H2,1-3H3. The zero-order chi connectivity index (χ0) is 13.7. The first-order valence-electron chi connectivity index (χ1n) is 6.61. The molecule has 0 amide bonds. The van der Waals surface area contributed by atoms with Crippen LogP contribution in [0.5, 0.6) is 5.75 Å². The third-order valence-corrected chi connectivity index (χ3v) is 3.26. The van der Waals surface area contributed by atoms with Gasteiger partial charge in [-0.2, -0.15) is 0 Å². The van der Waals surface area contributed by atoms with Gasteiger partial charge in [0.1, 0.15) is 12.4 Å². The molecule has 2 heteroatoms. The fourth-order valence-electron chi connectivity index (χ4n) is 2.00. The van der Waals surface area contributed by atoms with Gasteiger partial charge in [0.25, 0.3) is 0 Å². The van der Waals surface area contributed by atoms with Crippen molar-refractivity contribution in [2.24, 2.45) is 0 Å². The molecular weight excluding hydrogens is 234 g/mol. The first kappa shape index (κ1) is 13.6. The van der Waals surface area contributed by atoms with Crippen molar-refractivity contribution in [3.05, 3.63) is 64.7 Å². The fourth-order valence-corrected chi connectivity index (χ4v) is 2.00. The SMILES string of the molecule is CNCc1cccc(COc2ccc(C)c(C)c2)c1. The number of hydrogen-bond donors (Lipinski definition) is 1. The van der Waals surface area contributed by atoms with E-state index in [2.05, 4.69) is 55.6 Å². The van der Waals surface area contributed by atoms with Crippen LogP contribution in [0.1, 0.15) is 22.3 Å². The van der Waals surface area contributed by atoms with Crippen LogP contribution in [0, 0.1) is 13.8 Å². The summed E-state index contributed by atoms with van der Waals surface area (Å²) in [6.45, 7) is 5.72. The Morgan fingerprint density at radius 2 is 1.74 bits per heavy atom. The van der Waals surface area contributed by atoms with Gasteiger partial charge >= 0.3 is 0 Å². The molecule has 0 atom stereocenters. The van der Waals surface area contributed by atoms with Crippen molar-refractivity contribution in [2.45, 2.75) is 27.0 Å². The van der Waals surface area contributed by atoms with Crippen LogP contribution in [-0.4, -0.2) is 7.05 Å². The van der Waals surface area contributed by atoms with E-state index in [0.29, 0.717) is 6.61 Å².